The van der Waals surface area contributed by atoms with Gasteiger partial charge in [-0.1, -0.05) is 0 Å². The van der Waals surface area contributed by atoms with Crippen molar-refractivity contribution in [3.05, 3.63) is 30.4 Å². The van der Waals surface area contributed by atoms with Crippen molar-refractivity contribution < 1.29 is 5.21 Å². The smallest absolute Gasteiger partial charge is 0.255 e. The normalized spacial score (nSPS) is 10.2. The summed E-state index contributed by atoms with van der Waals surface area (Å²) in [5, 5.41) is 16.2. The van der Waals surface area contributed by atoms with E-state index in [9.17, 15) is 0 Å². The molecule has 3 N–H and O–H groups in total. The molecule has 2 aromatic heterocycles. The predicted molar refractivity (Wildman–Crippen MR) is 42.8 cm³/mol. The summed E-state index contributed by atoms with van der Waals surface area (Å²) in [6, 6.07) is 1.59. The topological polar surface area (TPSA) is 90.6 Å². The lowest BCUT2D eigenvalue weighted by molar-refractivity contribution is 0.165. The summed E-state index contributed by atoms with van der Waals surface area (Å²) in [6.45, 7) is 0. The number of aromatic nitrogens is 4. The summed E-state index contributed by atoms with van der Waals surface area (Å²) in [7, 11) is 0. The Morgan fingerprint density at radius 2 is 2.38 bits per heavy atom. The van der Waals surface area contributed by atoms with Gasteiger partial charge in [-0.2, -0.15) is 4.73 Å². The Labute approximate surface area is 73.0 Å². The van der Waals surface area contributed by atoms with E-state index in [4.69, 9.17) is 10.6 Å². The molecular formula is C7H7N5O. The Hall–Kier alpha value is -2.11. The lowest BCUT2D eigenvalue weighted by atomic mass is 10.3. The molecule has 6 nitrogen and oxygen atoms in total. The summed E-state index contributed by atoms with van der Waals surface area (Å²) >= 11 is 0. The van der Waals surface area contributed by atoms with Gasteiger partial charge >= 0.3 is 0 Å². The summed E-state index contributed by atoms with van der Waals surface area (Å²) in [4.78, 5) is 10.5. The molecule has 0 spiro atoms. The van der Waals surface area contributed by atoms with Crippen LogP contribution < -0.4 is 5.62 Å². The molecule has 0 saturated carbocycles. The minimum Gasteiger partial charge on any atom is -0.425 e. The van der Waals surface area contributed by atoms with Crippen LogP contribution in [0.2, 0.25) is 0 Å². The fourth-order valence-corrected chi connectivity index (χ4v) is 0.960. The molecule has 0 aromatic carbocycles. The second-order valence-corrected chi connectivity index (χ2v) is 2.45. The molecule has 13 heavy (non-hydrogen) atoms. The molecule has 2 rings (SSSR count). The van der Waals surface area contributed by atoms with E-state index in [0.29, 0.717) is 16.1 Å². The molecule has 0 aliphatic rings. The molecule has 2 heterocycles. The van der Waals surface area contributed by atoms with Crippen LogP contribution in [0, 0.1) is 5.41 Å². The Balaban J connectivity index is 2.55. The number of hydrogen-bond donors (Lipinski definition) is 3. The third kappa shape index (κ3) is 1.28. The van der Waals surface area contributed by atoms with Gasteiger partial charge in [-0.25, -0.2) is 9.97 Å². The van der Waals surface area contributed by atoms with Crippen molar-refractivity contribution in [3.63, 3.8) is 0 Å². The van der Waals surface area contributed by atoms with E-state index in [1.807, 2.05) is 0 Å². The Morgan fingerprint density at radius 1 is 1.54 bits per heavy atom. The van der Waals surface area contributed by atoms with Gasteiger partial charge in [0.15, 0.2) is 0 Å². The summed E-state index contributed by atoms with van der Waals surface area (Å²) in [5.41, 5.74) is 1.08. The van der Waals surface area contributed by atoms with E-state index >= 15 is 0 Å². The maximum absolute atomic E-state index is 8.98. The van der Waals surface area contributed by atoms with Crippen molar-refractivity contribution in [2.75, 3.05) is 0 Å². The quantitative estimate of drug-likeness (QED) is 0.535. The third-order valence-electron chi connectivity index (χ3n) is 1.59. The summed E-state index contributed by atoms with van der Waals surface area (Å²) in [6.07, 6.45) is 4.48. The highest BCUT2D eigenvalue weighted by molar-refractivity contribution is 5.51. The molecule has 6 heteroatoms. The van der Waals surface area contributed by atoms with E-state index in [1.165, 1.54) is 12.5 Å². The lowest BCUT2D eigenvalue weighted by Gasteiger charge is -1.98. The molecule has 0 aliphatic heterocycles. The van der Waals surface area contributed by atoms with Crippen LogP contribution in [0.1, 0.15) is 0 Å². The van der Waals surface area contributed by atoms with Gasteiger partial charge < -0.3 is 10.2 Å². The van der Waals surface area contributed by atoms with Crippen LogP contribution >= 0.6 is 0 Å². The highest BCUT2D eigenvalue weighted by atomic mass is 16.5. The highest BCUT2D eigenvalue weighted by Crippen LogP contribution is 2.08. The minimum absolute atomic E-state index is 0.216. The molecule has 66 valence electrons. The minimum atomic E-state index is -0.216. The molecule has 0 radical (unpaired) electrons. The van der Waals surface area contributed by atoms with E-state index in [1.54, 1.807) is 12.3 Å². The van der Waals surface area contributed by atoms with Gasteiger partial charge in [-0.05, 0) is 6.07 Å². The zero-order chi connectivity index (χ0) is 9.26. The molecule has 0 fully saturated rings. The summed E-state index contributed by atoms with van der Waals surface area (Å²) < 4.78 is 0.639. The molecule has 0 unspecified atom stereocenters. The zero-order valence-corrected chi connectivity index (χ0v) is 6.60. The predicted octanol–water partition coefficient (Wildman–Crippen LogP) is -0.0100. The molecular weight excluding hydrogens is 170 g/mol. The van der Waals surface area contributed by atoms with Crippen LogP contribution in [0.4, 0.5) is 0 Å². The van der Waals surface area contributed by atoms with Crippen molar-refractivity contribution in [3.8, 4) is 11.4 Å². The monoisotopic (exact) mass is 177 g/mol. The first kappa shape index (κ1) is 7.53. The molecule has 0 aliphatic carbocycles. The number of H-pyrrole nitrogens is 1. The number of imidazole rings is 1. The number of hydrogen-bond acceptors (Lipinski definition) is 4. The van der Waals surface area contributed by atoms with Gasteiger partial charge in [-0.3, -0.25) is 5.41 Å². The van der Waals surface area contributed by atoms with Gasteiger partial charge in [0.05, 0.1) is 23.9 Å². The average Bonchev–Trinajstić information content (AvgIpc) is 2.62. The van der Waals surface area contributed by atoms with Crippen LogP contribution in [0.5, 0.6) is 0 Å². The van der Waals surface area contributed by atoms with Crippen molar-refractivity contribution in [2.45, 2.75) is 0 Å². The third-order valence-corrected chi connectivity index (χ3v) is 1.59. The van der Waals surface area contributed by atoms with Crippen molar-refractivity contribution in [1.29, 1.82) is 5.41 Å². The fourth-order valence-electron chi connectivity index (χ4n) is 0.960. The van der Waals surface area contributed by atoms with Crippen LogP contribution in [0.25, 0.3) is 11.4 Å². The zero-order valence-electron chi connectivity index (χ0n) is 6.60. The Morgan fingerprint density at radius 3 is 3.00 bits per heavy atom. The SMILES string of the molecule is N=c1nc(-c2cnc[nH]2)ccn1O. The van der Waals surface area contributed by atoms with Crippen LogP contribution in [-0.4, -0.2) is 24.9 Å². The van der Waals surface area contributed by atoms with Gasteiger partial charge in [0.1, 0.15) is 0 Å². The molecule has 0 saturated heterocycles. The number of aromatic amines is 1. The van der Waals surface area contributed by atoms with Crippen LogP contribution in [-0.2, 0) is 0 Å². The van der Waals surface area contributed by atoms with E-state index in [-0.39, 0.29) is 5.62 Å². The largest absolute Gasteiger partial charge is 0.425 e. The van der Waals surface area contributed by atoms with Gasteiger partial charge in [0, 0.05) is 6.20 Å². The fraction of sp³-hybridized carbons (Fsp3) is 0. The number of rotatable bonds is 1. The second kappa shape index (κ2) is 2.74. The lowest BCUT2D eigenvalue weighted by Crippen LogP contribution is -2.20. The molecule has 0 bridgehead atoms. The van der Waals surface area contributed by atoms with Gasteiger partial charge in [0.25, 0.3) is 5.62 Å². The first-order chi connectivity index (χ1) is 6.27. The maximum Gasteiger partial charge on any atom is 0.255 e. The first-order valence-electron chi connectivity index (χ1n) is 3.59. The van der Waals surface area contributed by atoms with E-state index < -0.39 is 0 Å². The Bertz CT molecular complexity index is 458. The Kier molecular flexibility index (Phi) is 1.59. The standard InChI is InChI=1S/C7H7N5O/c8-7-11-5(1-2-12(7)13)6-3-9-4-10-6/h1-4,8,13H,(H,9,10). The molecule has 2 aromatic rings. The van der Waals surface area contributed by atoms with Crippen molar-refractivity contribution in [2.24, 2.45) is 0 Å². The summed E-state index contributed by atoms with van der Waals surface area (Å²) in [5.74, 6) is 0. The van der Waals surface area contributed by atoms with Crippen LogP contribution in [0.3, 0.4) is 0 Å². The van der Waals surface area contributed by atoms with Crippen LogP contribution in [0.15, 0.2) is 24.8 Å². The first-order valence-corrected chi connectivity index (χ1v) is 3.59. The second-order valence-electron chi connectivity index (χ2n) is 2.45. The number of nitrogens with zero attached hydrogens (tertiary/aromatic N) is 3. The average molecular weight is 177 g/mol. The van der Waals surface area contributed by atoms with E-state index in [2.05, 4.69) is 15.0 Å². The van der Waals surface area contributed by atoms with E-state index in [0.717, 1.165) is 0 Å². The molecule has 0 amide bonds. The van der Waals surface area contributed by atoms with Crippen molar-refractivity contribution >= 4 is 0 Å². The van der Waals surface area contributed by atoms with Gasteiger partial charge in [0.2, 0.25) is 0 Å². The maximum atomic E-state index is 8.98. The van der Waals surface area contributed by atoms with Crippen molar-refractivity contribution in [1.82, 2.24) is 19.7 Å². The number of nitrogens with one attached hydrogen (secondary N) is 2. The highest BCUT2D eigenvalue weighted by Gasteiger charge is 2.00. The van der Waals surface area contributed by atoms with Gasteiger partial charge in [-0.15, -0.1) is 0 Å². The molecule has 0 atom stereocenters.